The van der Waals surface area contributed by atoms with Gasteiger partial charge in [-0.05, 0) is 24.6 Å². The highest BCUT2D eigenvalue weighted by Crippen LogP contribution is 2.46. The first-order valence-electron chi connectivity index (χ1n) is 8.05. The second kappa shape index (κ2) is 5.91. The Morgan fingerprint density at radius 3 is 2.83 bits per heavy atom. The quantitative estimate of drug-likeness (QED) is 0.829. The molecule has 1 amide bonds. The molecule has 5 nitrogen and oxygen atoms in total. The van der Waals surface area contributed by atoms with Crippen molar-refractivity contribution in [2.45, 2.75) is 23.7 Å². The first-order valence-corrected chi connectivity index (χ1v) is 9.03. The van der Waals surface area contributed by atoms with Crippen LogP contribution in [0.15, 0.2) is 18.2 Å². The normalized spacial score (nSPS) is 25.1. The van der Waals surface area contributed by atoms with Crippen molar-refractivity contribution in [3.63, 3.8) is 0 Å². The van der Waals surface area contributed by atoms with Gasteiger partial charge in [0.1, 0.15) is 0 Å². The summed E-state index contributed by atoms with van der Waals surface area (Å²) in [7, 11) is 1.77. The summed E-state index contributed by atoms with van der Waals surface area (Å²) in [5, 5.41) is 0. The van der Waals surface area contributed by atoms with E-state index in [1.807, 2.05) is 34.9 Å². The van der Waals surface area contributed by atoms with Crippen LogP contribution in [0.1, 0.15) is 23.2 Å². The Hall–Kier alpha value is -1.40. The second-order valence-electron chi connectivity index (χ2n) is 6.43. The van der Waals surface area contributed by atoms with Crippen LogP contribution in [-0.4, -0.2) is 60.8 Å². The third-order valence-corrected chi connectivity index (χ3v) is 6.32. The van der Waals surface area contributed by atoms with Crippen molar-refractivity contribution in [2.24, 2.45) is 0 Å². The third kappa shape index (κ3) is 2.78. The molecule has 6 heteroatoms. The summed E-state index contributed by atoms with van der Waals surface area (Å²) < 4.78 is 16.9. The van der Waals surface area contributed by atoms with Crippen LogP contribution >= 0.6 is 11.8 Å². The van der Waals surface area contributed by atoms with Crippen LogP contribution in [0.5, 0.6) is 11.5 Å². The van der Waals surface area contributed by atoms with Crippen molar-refractivity contribution in [3.05, 3.63) is 23.8 Å². The van der Waals surface area contributed by atoms with Crippen LogP contribution in [0.3, 0.4) is 0 Å². The Labute approximate surface area is 140 Å². The van der Waals surface area contributed by atoms with Crippen molar-refractivity contribution in [2.75, 3.05) is 39.2 Å². The molecule has 1 atom stereocenters. The number of thioether (sulfide) groups is 1. The lowest BCUT2D eigenvalue weighted by Gasteiger charge is -2.47. The molecule has 3 aliphatic heterocycles. The fourth-order valence-corrected chi connectivity index (χ4v) is 5.04. The van der Waals surface area contributed by atoms with Gasteiger partial charge < -0.3 is 19.1 Å². The minimum atomic E-state index is 0.0766. The van der Waals surface area contributed by atoms with E-state index in [1.165, 1.54) is 0 Å². The SMILES string of the molecule is CO[C@H]1CSC2(C1)CN(C(=O)c1ccc3c(c1)OCCCO3)C2. The molecule has 2 fully saturated rings. The van der Waals surface area contributed by atoms with E-state index in [9.17, 15) is 4.79 Å². The molecule has 3 heterocycles. The standard InChI is InChI=1S/C17H21NO4S/c1-20-13-8-17(23-9-13)10-18(11-17)16(19)12-3-4-14-15(7-12)22-6-2-5-21-14/h3-4,7,13H,2,5-6,8-11H2,1H3/t13-/m1/s1. The van der Waals surface area contributed by atoms with Crippen molar-refractivity contribution < 1.29 is 19.0 Å². The molecule has 3 aliphatic rings. The molecule has 2 saturated heterocycles. The highest BCUT2D eigenvalue weighted by molar-refractivity contribution is 8.01. The van der Waals surface area contributed by atoms with E-state index in [4.69, 9.17) is 14.2 Å². The lowest BCUT2D eigenvalue weighted by atomic mass is 9.92. The number of hydrogen-bond acceptors (Lipinski definition) is 5. The number of likely N-dealkylation sites (tertiary alicyclic amines) is 1. The molecule has 0 N–H and O–H groups in total. The number of benzene rings is 1. The Balaban J connectivity index is 1.44. The fourth-order valence-electron chi connectivity index (χ4n) is 3.45. The van der Waals surface area contributed by atoms with Crippen LogP contribution in [-0.2, 0) is 4.74 Å². The minimum Gasteiger partial charge on any atom is -0.490 e. The van der Waals surface area contributed by atoms with Gasteiger partial charge in [-0.15, -0.1) is 11.8 Å². The van der Waals surface area contributed by atoms with Gasteiger partial charge in [-0.2, -0.15) is 0 Å². The maximum absolute atomic E-state index is 12.7. The summed E-state index contributed by atoms with van der Waals surface area (Å²) in [4.78, 5) is 14.6. The lowest BCUT2D eigenvalue weighted by Crippen LogP contribution is -2.60. The molecule has 0 saturated carbocycles. The van der Waals surface area contributed by atoms with Gasteiger partial charge in [-0.1, -0.05) is 0 Å². The number of fused-ring (bicyclic) bond motifs is 1. The van der Waals surface area contributed by atoms with Crippen molar-refractivity contribution in [1.82, 2.24) is 4.90 Å². The molecule has 1 aromatic carbocycles. The number of methoxy groups -OCH3 is 1. The zero-order valence-corrected chi connectivity index (χ0v) is 14.1. The van der Waals surface area contributed by atoms with Crippen LogP contribution in [0.2, 0.25) is 0 Å². The predicted octanol–water partition coefficient (Wildman–Crippen LogP) is 2.19. The van der Waals surface area contributed by atoms with E-state index in [-0.39, 0.29) is 10.7 Å². The highest BCUT2D eigenvalue weighted by atomic mass is 32.2. The van der Waals surface area contributed by atoms with Gasteiger partial charge in [0.25, 0.3) is 5.91 Å². The van der Waals surface area contributed by atoms with Crippen LogP contribution in [0.25, 0.3) is 0 Å². The van der Waals surface area contributed by atoms with Gasteiger partial charge in [0, 0.05) is 37.9 Å². The van der Waals surface area contributed by atoms with E-state index in [2.05, 4.69) is 0 Å². The predicted molar refractivity (Wildman–Crippen MR) is 88.6 cm³/mol. The van der Waals surface area contributed by atoms with E-state index in [0.29, 0.717) is 30.6 Å². The molecule has 0 radical (unpaired) electrons. The highest BCUT2D eigenvalue weighted by Gasteiger charge is 2.50. The van der Waals surface area contributed by atoms with E-state index >= 15 is 0 Å². The number of hydrogen-bond donors (Lipinski definition) is 0. The summed E-state index contributed by atoms with van der Waals surface area (Å²) in [6.07, 6.45) is 2.24. The van der Waals surface area contributed by atoms with Gasteiger partial charge in [0.2, 0.25) is 0 Å². The summed E-state index contributed by atoms with van der Waals surface area (Å²) in [5.74, 6) is 2.52. The number of nitrogens with zero attached hydrogens (tertiary/aromatic N) is 1. The Morgan fingerprint density at radius 1 is 1.30 bits per heavy atom. The summed E-state index contributed by atoms with van der Waals surface area (Å²) in [5.41, 5.74) is 0.676. The van der Waals surface area contributed by atoms with Gasteiger partial charge in [0.05, 0.1) is 24.1 Å². The Morgan fingerprint density at radius 2 is 2.09 bits per heavy atom. The number of amides is 1. The van der Waals surface area contributed by atoms with E-state index in [0.717, 1.165) is 37.4 Å². The Bertz CT molecular complexity index is 615. The van der Waals surface area contributed by atoms with Crippen LogP contribution in [0.4, 0.5) is 0 Å². The molecule has 124 valence electrons. The summed E-state index contributed by atoms with van der Waals surface area (Å²) >= 11 is 1.94. The molecule has 0 aromatic heterocycles. The van der Waals surface area contributed by atoms with Gasteiger partial charge >= 0.3 is 0 Å². The third-order valence-electron chi connectivity index (χ3n) is 4.75. The zero-order valence-electron chi connectivity index (χ0n) is 13.2. The molecule has 1 aromatic rings. The average Bonchev–Trinajstić information content (AvgIpc) is 2.84. The first-order chi connectivity index (χ1) is 11.2. The van der Waals surface area contributed by atoms with Crippen molar-refractivity contribution in [1.29, 1.82) is 0 Å². The lowest BCUT2D eigenvalue weighted by molar-refractivity contribution is 0.0451. The first kappa shape index (κ1) is 15.1. The average molecular weight is 335 g/mol. The molecule has 23 heavy (non-hydrogen) atoms. The monoisotopic (exact) mass is 335 g/mol. The molecular formula is C17H21NO4S. The van der Waals surface area contributed by atoms with Crippen LogP contribution < -0.4 is 9.47 Å². The van der Waals surface area contributed by atoms with Crippen LogP contribution in [0, 0.1) is 0 Å². The molecule has 0 unspecified atom stereocenters. The number of rotatable bonds is 2. The van der Waals surface area contributed by atoms with Gasteiger partial charge in [0.15, 0.2) is 11.5 Å². The fraction of sp³-hybridized carbons (Fsp3) is 0.588. The van der Waals surface area contributed by atoms with E-state index in [1.54, 1.807) is 7.11 Å². The second-order valence-corrected chi connectivity index (χ2v) is 7.92. The van der Waals surface area contributed by atoms with E-state index < -0.39 is 0 Å². The van der Waals surface area contributed by atoms with Gasteiger partial charge in [-0.3, -0.25) is 4.79 Å². The molecule has 0 aliphatic carbocycles. The molecule has 1 spiro atoms. The number of carbonyl (C=O) groups excluding carboxylic acids is 1. The minimum absolute atomic E-state index is 0.0766. The maximum atomic E-state index is 12.7. The van der Waals surface area contributed by atoms with Crippen molar-refractivity contribution in [3.8, 4) is 11.5 Å². The number of carbonyl (C=O) groups is 1. The summed E-state index contributed by atoms with van der Waals surface area (Å²) in [6, 6.07) is 5.49. The smallest absolute Gasteiger partial charge is 0.254 e. The molecular weight excluding hydrogens is 314 g/mol. The topological polar surface area (TPSA) is 48.0 Å². The maximum Gasteiger partial charge on any atom is 0.254 e. The summed E-state index contributed by atoms with van der Waals surface area (Å²) in [6.45, 7) is 2.91. The van der Waals surface area contributed by atoms with Crippen molar-refractivity contribution >= 4 is 17.7 Å². The Kier molecular flexibility index (Phi) is 3.89. The largest absolute Gasteiger partial charge is 0.490 e. The number of ether oxygens (including phenoxy) is 3. The zero-order chi connectivity index (χ0) is 15.9. The molecule has 0 bridgehead atoms. The van der Waals surface area contributed by atoms with Gasteiger partial charge in [-0.25, -0.2) is 0 Å². The molecule has 4 rings (SSSR count).